The third-order valence-electron chi connectivity index (χ3n) is 2.07. The summed E-state index contributed by atoms with van der Waals surface area (Å²) in [7, 11) is -3.54. The Labute approximate surface area is 95.0 Å². The second-order valence-electron chi connectivity index (χ2n) is 3.38. The first-order valence-corrected chi connectivity index (χ1v) is 6.32. The van der Waals surface area contributed by atoms with E-state index in [0.717, 1.165) is 6.07 Å². The van der Waals surface area contributed by atoms with E-state index in [9.17, 15) is 12.8 Å². The van der Waals surface area contributed by atoms with Crippen molar-refractivity contribution in [2.45, 2.75) is 18.2 Å². The second-order valence-corrected chi connectivity index (χ2v) is 5.12. The van der Waals surface area contributed by atoms with Crippen molar-refractivity contribution < 1.29 is 12.8 Å². The molecule has 1 rings (SSSR count). The highest BCUT2D eigenvalue weighted by atomic mass is 32.2. The first-order chi connectivity index (χ1) is 7.47. The summed E-state index contributed by atoms with van der Waals surface area (Å²) in [6, 6.07) is 3.60. The normalized spacial score (nSPS) is 11.4. The average Bonchev–Trinajstić information content (AvgIpc) is 2.17. The molecule has 0 aliphatic rings. The van der Waals surface area contributed by atoms with E-state index in [0.29, 0.717) is 18.5 Å². The summed E-state index contributed by atoms with van der Waals surface area (Å²) in [4.78, 5) is 0.109. The van der Waals surface area contributed by atoms with Gasteiger partial charge in [0.1, 0.15) is 5.82 Å². The van der Waals surface area contributed by atoms with Gasteiger partial charge in [-0.05, 0) is 37.1 Å². The largest absolute Gasteiger partial charge is 0.240 e. The maximum Gasteiger partial charge on any atom is 0.240 e. The smallest absolute Gasteiger partial charge is 0.211 e. The van der Waals surface area contributed by atoms with E-state index in [-0.39, 0.29) is 4.90 Å². The van der Waals surface area contributed by atoms with Crippen LogP contribution in [0.4, 0.5) is 4.39 Å². The van der Waals surface area contributed by atoms with E-state index < -0.39 is 15.8 Å². The first-order valence-electron chi connectivity index (χ1n) is 4.84. The van der Waals surface area contributed by atoms with Crippen molar-refractivity contribution >= 4 is 10.0 Å². The molecule has 5 heteroatoms. The van der Waals surface area contributed by atoms with Crippen molar-refractivity contribution in [3.05, 3.63) is 42.2 Å². The monoisotopic (exact) mass is 243 g/mol. The molecular formula is C11H14FNO2S. The van der Waals surface area contributed by atoms with Crippen LogP contribution in [0.1, 0.15) is 12.0 Å². The molecule has 0 unspecified atom stereocenters. The van der Waals surface area contributed by atoms with Gasteiger partial charge < -0.3 is 0 Å². The van der Waals surface area contributed by atoms with E-state index >= 15 is 0 Å². The van der Waals surface area contributed by atoms with Gasteiger partial charge in [0.25, 0.3) is 0 Å². The summed E-state index contributed by atoms with van der Waals surface area (Å²) >= 11 is 0. The number of hydrogen-bond donors (Lipinski definition) is 1. The second kappa shape index (κ2) is 5.23. The summed E-state index contributed by atoms with van der Waals surface area (Å²) in [5.74, 6) is -0.442. The van der Waals surface area contributed by atoms with Crippen molar-refractivity contribution in [1.82, 2.24) is 4.72 Å². The van der Waals surface area contributed by atoms with Gasteiger partial charge in [0.15, 0.2) is 0 Å². The lowest BCUT2D eigenvalue weighted by molar-refractivity contribution is 0.580. The van der Waals surface area contributed by atoms with Gasteiger partial charge in [-0.1, -0.05) is 6.08 Å². The fraction of sp³-hybridized carbons (Fsp3) is 0.273. The standard InChI is InChI=1S/C11H14FNO2S/c1-3-4-7-13-16(14,15)11-6-5-10(12)8-9(11)2/h3,5-6,8,13H,1,4,7H2,2H3. The lowest BCUT2D eigenvalue weighted by Crippen LogP contribution is -2.25. The van der Waals surface area contributed by atoms with Gasteiger partial charge in [-0.25, -0.2) is 17.5 Å². The summed E-state index contributed by atoms with van der Waals surface area (Å²) in [6.45, 7) is 5.35. The molecule has 0 radical (unpaired) electrons. The quantitative estimate of drug-likeness (QED) is 0.635. The third-order valence-corrected chi connectivity index (χ3v) is 3.69. The van der Waals surface area contributed by atoms with Crippen molar-refractivity contribution in [2.75, 3.05) is 6.54 Å². The average molecular weight is 243 g/mol. The number of aryl methyl sites for hydroxylation is 1. The fourth-order valence-electron chi connectivity index (χ4n) is 1.29. The Kier molecular flexibility index (Phi) is 4.20. The molecule has 0 heterocycles. The Morgan fingerprint density at radius 1 is 1.50 bits per heavy atom. The molecule has 0 atom stereocenters. The van der Waals surface area contributed by atoms with E-state index in [1.54, 1.807) is 13.0 Å². The molecule has 3 nitrogen and oxygen atoms in total. The molecule has 0 amide bonds. The van der Waals surface area contributed by atoms with Gasteiger partial charge in [0.05, 0.1) is 4.90 Å². The summed E-state index contributed by atoms with van der Waals surface area (Å²) in [5, 5.41) is 0. The van der Waals surface area contributed by atoms with E-state index in [4.69, 9.17) is 0 Å². The van der Waals surface area contributed by atoms with Crippen LogP contribution in [0.25, 0.3) is 0 Å². The zero-order chi connectivity index (χ0) is 12.2. The Morgan fingerprint density at radius 2 is 2.19 bits per heavy atom. The lowest BCUT2D eigenvalue weighted by atomic mass is 10.2. The minimum atomic E-state index is -3.54. The van der Waals surface area contributed by atoms with Crippen LogP contribution in [0.3, 0.4) is 0 Å². The van der Waals surface area contributed by atoms with Crippen LogP contribution in [-0.2, 0) is 10.0 Å². The molecule has 0 aliphatic carbocycles. The number of nitrogens with one attached hydrogen (secondary N) is 1. The SMILES string of the molecule is C=CCCNS(=O)(=O)c1ccc(F)cc1C. The highest BCUT2D eigenvalue weighted by Crippen LogP contribution is 2.15. The molecule has 0 saturated heterocycles. The summed E-state index contributed by atoms with van der Waals surface area (Å²) < 4.78 is 38.8. The highest BCUT2D eigenvalue weighted by molar-refractivity contribution is 7.89. The van der Waals surface area contributed by atoms with Crippen LogP contribution in [-0.4, -0.2) is 15.0 Å². The maximum absolute atomic E-state index is 12.8. The van der Waals surface area contributed by atoms with Gasteiger partial charge in [0.2, 0.25) is 10.0 Å². The van der Waals surface area contributed by atoms with Crippen molar-refractivity contribution in [2.24, 2.45) is 0 Å². The molecule has 1 aromatic carbocycles. The molecule has 16 heavy (non-hydrogen) atoms. The topological polar surface area (TPSA) is 46.2 Å². The molecule has 1 aromatic rings. The van der Waals surface area contributed by atoms with Crippen molar-refractivity contribution in [3.8, 4) is 0 Å². The fourth-order valence-corrected chi connectivity index (χ4v) is 2.56. The Bertz CT molecular complexity index is 483. The molecule has 0 spiro atoms. The predicted molar refractivity (Wildman–Crippen MR) is 61.1 cm³/mol. The van der Waals surface area contributed by atoms with Gasteiger partial charge >= 0.3 is 0 Å². The third kappa shape index (κ3) is 3.15. The molecule has 88 valence electrons. The highest BCUT2D eigenvalue weighted by Gasteiger charge is 2.15. The predicted octanol–water partition coefficient (Wildman–Crippen LogP) is 1.99. The van der Waals surface area contributed by atoms with Crippen LogP contribution >= 0.6 is 0 Å². The zero-order valence-electron chi connectivity index (χ0n) is 9.03. The molecule has 0 saturated carbocycles. The van der Waals surface area contributed by atoms with Crippen LogP contribution in [0, 0.1) is 12.7 Å². The molecule has 0 bridgehead atoms. The lowest BCUT2D eigenvalue weighted by Gasteiger charge is -2.08. The number of halogens is 1. The van der Waals surface area contributed by atoms with Gasteiger partial charge in [-0.3, -0.25) is 0 Å². The van der Waals surface area contributed by atoms with E-state index in [1.165, 1.54) is 12.1 Å². The maximum atomic E-state index is 12.8. The molecule has 1 N–H and O–H groups in total. The Morgan fingerprint density at radius 3 is 2.75 bits per heavy atom. The zero-order valence-corrected chi connectivity index (χ0v) is 9.85. The first kappa shape index (κ1) is 12.9. The Balaban J connectivity index is 2.94. The minimum absolute atomic E-state index is 0.109. The summed E-state index contributed by atoms with van der Waals surface area (Å²) in [6.07, 6.45) is 2.18. The minimum Gasteiger partial charge on any atom is -0.211 e. The molecule has 0 aromatic heterocycles. The number of benzene rings is 1. The van der Waals surface area contributed by atoms with Crippen LogP contribution in [0.2, 0.25) is 0 Å². The molecular weight excluding hydrogens is 229 g/mol. The van der Waals surface area contributed by atoms with Crippen LogP contribution < -0.4 is 4.72 Å². The number of sulfonamides is 1. The van der Waals surface area contributed by atoms with Crippen molar-refractivity contribution in [1.29, 1.82) is 0 Å². The number of hydrogen-bond acceptors (Lipinski definition) is 2. The molecule has 0 aliphatic heterocycles. The van der Waals surface area contributed by atoms with E-state index in [2.05, 4.69) is 11.3 Å². The number of rotatable bonds is 5. The van der Waals surface area contributed by atoms with Crippen LogP contribution in [0.5, 0.6) is 0 Å². The Hall–Kier alpha value is -1.20. The van der Waals surface area contributed by atoms with Gasteiger partial charge in [-0.15, -0.1) is 6.58 Å². The summed E-state index contributed by atoms with van der Waals surface area (Å²) in [5.41, 5.74) is 0.395. The van der Waals surface area contributed by atoms with E-state index in [1.807, 2.05) is 0 Å². The van der Waals surface area contributed by atoms with Gasteiger partial charge in [-0.2, -0.15) is 0 Å². The van der Waals surface area contributed by atoms with Crippen LogP contribution in [0.15, 0.2) is 35.7 Å². The molecule has 0 fully saturated rings. The van der Waals surface area contributed by atoms with Crippen molar-refractivity contribution in [3.63, 3.8) is 0 Å². The van der Waals surface area contributed by atoms with Gasteiger partial charge in [0, 0.05) is 6.54 Å².